The van der Waals surface area contributed by atoms with Crippen LogP contribution in [0.15, 0.2) is 23.8 Å². The predicted molar refractivity (Wildman–Crippen MR) is 72.4 cm³/mol. The summed E-state index contributed by atoms with van der Waals surface area (Å²) in [5.41, 5.74) is 8.37. The van der Waals surface area contributed by atoms with Gasteiger partial charge in [-0.1, -0.05) is 6.92 Å². The molecule has 1 unspecified atom stereocenters. The summed E-state index contributed by atoms with van der Waals surface area (Å²) in [6, 6.07) is 2.42. The summed E-state index contributed by atoms with van der Waals surface area (Å²) in [6.45, 7) is 5.02. The quantitative estimate of drug-likeness (QED) is 0.885. The minimum atomic E-state index is 0.271. The summed E-state index contributed by atoms with van der Waals surface area (Å²) in [7, 11) is 0. The second-order valence-corrected chi connectivity index (χ2v) is 5.39. The van der Waals surface area contributed by atoms with Crippen LogP contribution in [-0.2, 0) is 13.0 Å². The topological polar surface area (TPSA) is 43.8 Å². The summed E-state index contributed by atoms with van der Waals surface area (Å²) in [4.78, 5) is 4.47. The fraction of sp³-hybridized carbons (Fsp3) is 0.462. The van der Waals surface area contributed by atoms with Crippen molar-refractivity contribution in [3.8, 4) is 0 Å². The fourth-order valence-corrected chi connectivity index (χ4v) is 2.57. The molecule has 17 heavy (non-hydrogen) atoms. The lowest BCUT2D eigenvalue weighted by Gasteiger charge is -2.05. The maximum absolute atomic E-state index is 5.95. The summed E-state index contributed by atoms with van der Waals surface area (Å²) in [5, 5.41) is 3.25. The number of hydrogen-bond donors (Lipinski definition) is 1. The molecule has 0 spiro atoms. The molecule has 0 aliphatic heterocycles. The van der Waals surface area contributed by atoms with E-state index >= 15 is 0 Å². The first-order valence-corrected chi connectivity index (χ1v) is 6.86. The van der Waals surface area contributed by atoms with Crippen molar-refractivity contribution in [1.82, 2.24) is 9.55 Å². The second kappa shape index (κ2) is 5.47. The molecule has 3 nitrogen and oxygen atoms in total. The molecule has 0 aliphatic rings. The normalized spacial score (nSPS) is 12.9. The van der Waals surface area contributed by atoms with Gasteiger partial charge in [-0.3, -0.25) is 0 Å². The van der Waals surface area contributed by atoms with Crippen LogP contribution in [0.1, 0.15) is 29.6 Å². The van der Waals surface area contributed by atoms with Gasteiger partial charge in [-0.25, -0.2) is 4.98 Å². The Morgan fingerprint density at radius 1 is 1.53 bits per heavy atom. The van der Waals surface area contributed by atoms with Crippen molar-refractivity contribution in [2.75, 3.05) is 0 Å². The van der Waals surface area contributed by atoms with E-state index in [9.17, 15) is 0 Å². The van der Waals surface area contributed by atoms with Crippen molar-refractivity contribution >= 4 is 11.3 Å². The van der Waals surface area contributed by atoms with E-state index in [0.29, 0.717) is 0 Å². The zero-order valence-electron chi connectivity index (χ0n) is 10.4. The monoisotopic (exact) mass is 249 g/mol. The highest BCUT2D eigenvalue weighted by atomic mass is 32.1. The molecule has 2 heterocycles. The lowest BCUT2D eigenvalue weighted by atomic mass is 10.1. The Morgan fingerprint density at radius 3 is 3.00 bits per heavy atom. The van der Waals surface area contributed by atoms with Gasteiger partial charge in [0.2, 0.25) is 0 Å². The molecular formula is C13H19N3S. The minimum Gasteiger partial charge on any atom is -0.347 e. The Bertz CT molecular complexity index is 472. The largest absolute Gasteiger partial charge is 0.347 e. The van der Waals surface area contributed by atoms with Crippen molar-refractivity contribution < 1.29 is 0 Å². The Hall–Kier alpha value is -1.13. The first-order valence-electron chi connectivity index (χ1n) is 5.98. The Kier molecular flexibility index (Phi) is 3.97. The van der Waals surface area contributed by atoms with E-state index in [-0.39, 0.29) is 6.04 Å². The van der Waals surface area contributed by atoms with Gasteiger partial charge >= 0.3 is 0 Å². The number of rotatable bonds is 5. The van der Waals surface area contributed by atoms with Gasteiger partial charge in [0, 0.05) is 29.5 Å². The van der Waals surface area contributed by atoms with Crippen LogP contribution in [0.2, 0.25) is 0 Å². The third-order valence-corrected chi connectivity index (χ3v) is 3.77. The SMILES string of the molecule is CCC(N)Cc1ccn(Cc2nc(C)cs2)c1. The van der Waals surface area contributed by atoms with Crippen molar-refractivity contribution in [3.63, 3.8) is 0 Å². The number of thiazole rings is 1. The van der Waals surface area contributed by atoms with Crippen molar-refractivity contribution in [3.05, 3.63) is 40.1 Å². The molecule has 0 saturated heterocycles. The number of nitrogens with two attached hydrogens (primary N) is 1. The summed E-state index contributed by atoms with van der Waals surface area (Å²) in [6.07, 6.45) is 6.26. The van der Waals surface area contributed by atoms with E-state index in [1.807, 2.05) is 6.92 Å². The zero-order chi connectivity index (χ0) is 12.3. The van der Waals surface area contributed by atoms with Crippen molar-refractivity contribution in [2.45, 2.75) is 39.3 Å². The molecule has 0 aliphatic carbocycles. The van der Waals surface area contributed by atoms with Gasteiger partial charge in [-0.05, 0) is 31.4 Å². The highest BCUT2D eigenvalue weighted by Crippen LogP contribution is 2.12. The van der Waals surface area contributed by atoms with Crippen LogP contribution in [0, 0.1) is 6.92 Å². The highest BCUT2D eigenvalue weighted by Gasteiger charge is 2.04. The molecule has 2 aromatic rings. The van der Waals surface area contributed by atoms with Crippen LogP contribution in [0.4, 0.5) is 0 Å². The minimum absolute atomic E-state index is 0.271. The lowest BCUT2D eigenvalue weighted by molar-refractivity contribution is 0.645. The van der Waals surface area contributed by atoms with Gasteiger partial charge in [-0.2, -0.15) is 0 Å². The Balaban J connectivity index is 1.98. The third-order valence-electron chi connectivity index (χ3n) is 2.82. The van der Waals surface area contributed by atoms with Crippen LogP contribution in [0.3, 0.4) is 0 Å². The summed E-state index contributed by atoms with van der Waals surface area (Å²) in [5.74, 6) is 0. The molecule has 4 heteroatoms. The third kappa shape index (κ3) is 3.41. The Morgan fingerprint density at radius 2 is 2.35 bits per heavy atom. The average Bonchev–Trinajstić information content (AvgIpc) is 2.89. The second-order valence-electron chi connectivity index (χ2n) is 4.45. The van der Waals surface area contributed by atoms with Gasteiger partial charge in [0.05, 0.1) is 6.54 Å². The van der Waals surface area contributed by atoms with Gasteiger partial charge < -0.3 is 10.3 Å². The van der Waals surface area contributed by atoms with Gasteiger partial charge in [0.1, 0.15) is 5.01 Å². The molecule has 0 saturated carbocycles. The van der Waals surface area contributed by atoms with E-state index in [1.54, 1.807) is 11.3 Å². The lowest BCUT2D eigenvalue weighted by Crippen LogP contribution is -2.21. The van der Waals surface area contributed by atoms with Crippen LogP contribution in [0.5, 0.6) is 0 Å². The summed E-state index contributed by atoms with van der Waals surface area (Å²) < 4.78 is 2.18. The number of nitrogens with zero attached hydrogens (tertiary/aromatic N) is 2. The molecule has 92 valence electrons. The molecule has 2 rings (SSSR count). The molecule has 2 N–H and O–H groups in total. The van der Waals surface area contributed by atoms with Crippen molar-refractivity contribution in [2.24, 2.45) is 5.73 Å². The highest BCUT2D eigenvalue weighted by molar-refractivity contribution is 7.09. The van der Waals surface area contributed by atoms with E-state index in [2.05, 4.69) is 40.3 Å². The first-order chi connectivity index (χ1) is 8.17. The van der Waals surface area contributed by atoms with Crippen LogP contribution < -0.4 is 5.73 Å². The molecule has 1 atom stereocenters. The van der Waals surface area contributed by atoms with E-state index in [1.165, 1.54) is 5.56 Å². The molecule has 0 aromatic carbocycles. The maximum Gasteiger partial charge on any atom is 0.113 e. The molecule has 0 radical (unpaired) electrons. The fourth-order valence-electron chi connectivity index (χ4n) is 1.79. The number of hydrogen-bond acceptors (Lipinski definition) is 3. The smallest absolute Gasteiger partial charge is 0.113 e. The average molecular weight is 249 g/mol. The van der Waals surface area contributed by atoms with Crippen LogP contribution in [0.25, 0.3) is 0 Å². The van der Waals surface area contributed by atoms with E-state index < -0.39 is 0 Å². The predicted octanol–water partition coefficient (Wildman–Crippen LogP) is 2.58. The van der Waals surface area contributed by atoms with E-state index in [4.69, 9.17) is 5.73 Å². The summed E-state index contributed by atoms with van der Waals surface area (Å²) >= 11 is 1.72. The maximum atomic E-state index is 5.95. The first kappa shape index (κ1) is 12.3. The number of aryl methyl sites for hydroxylation is 1. The standard InChI is InChI=1S/C13H19N3S/c1-3-12(14)6-11-4-5-16(7-11)8-13-15-10(2)9-17-13/h4-5,7,9,12H,3,6,8,14H2,1-2H3. The molecule has 0 fully saturated rings. The van der Waals surface area contributed by atoms with Gasteiger partial charge in [0.15, 0.2) is 0 Å². The van der Waals surface area contributed by atoms with Gasteiger partial charge in [-0.15, -0.1) is 11.3 Å². The van der Waals surface area contributed by atoms with Crippen LogP contribution >= 0.6 is 11.3 Å². The molecule has 0 bridgehead atoms. The molecular weight excluding hydrogens is 230 g/mol. The van der Waals surface area contributed by atoms with Gasteiger partial charge in [0.25, 0.3) is 0 Å². The van der Waals surface area contributed by atoms with E-state index in [0.717, 1.165) is 30.1 Å². The number of aromatic nitrogens is 2. The molecule has 0 amide bonds. The van der Waals surface area contributed by atoms with Crippen LogP contribution in [-0.4, -0.2) is 15.6 Å². The van der Waals surface area contributed by atoms with Crippen molar-refractivity contribution in [1.29, 1.82) is 0 Å². The Labute approximate surface area is 106 Å². The molecule has 2 aromatic heterocycles. The zero-order valence-corrected chi connectivity index (χ0v) is 11.2.